The maximum atomic E-state index is 5.36. The van der Waals surface area contributed by atoms with Gasteiger partial charge in [-0.05, 0) is 39.5 Å². The average molecular weight is 338 g/mol. The van der Waals surface area contributed by atoms with Crippen LogP contribution >= 0.6 is 0 Å². The Labute approximate surface area is 147 Å². The van der Waals surface area contributed by atoms with Crippen molar-refractivity contribution in [3.8, 4) is 0 Å². The number of nitrogens with zero attached hydrogens (tertiary/aromatic N) is 3. The highest BCUT2D eigenvalue weighted by molar-refractivity contribution is 5.79. The summed E-state index contributed by atoms with van der Waals surface area (Å²) < 4.78 is 7.36. The first-order valence-electron chi connectivity index (χ1n) is 9.31. The van der Waals surface area contributed by atoms with Crippen LogP contribution < -0.4 is 10.6 Å². The summed E-state index contributed by atoms with van der Waals surface area (Å²) in [6.07, 6.45) is 4.08. The molecular formula is C18H35N5O. The fourth-order valence-corrected chi connectivity index (χ4v) is 2.75. The molecule has 0 saturated carbocycles. The number of ether oxygens (including phenoxy) is 1. The van der Waals surface area contributed by atoms with Gasteiger partial charge in [-0.3, -0.25) is 4.68 Å². The van der Waals surface area contributed by atoms with Gasteiger partial charge in [0.05, 0.1) is 12.2 Å². The van der Waals surface area contributed by atoms with Gasteiger partial charge in [-0.1, -0.05) is 13.8 Å². The van der Waals surface area contributed by atoms with Crippen molar-refractivity contribution >= 4 is 5.96 Å². The van der Waals surface area contributed by atoms with Crippen molar-refractivity contribution in [1.29, 1.82) is 0 Å². The maximum absolute atomic E-state index is 5.36. The first-order valence-corrected chi connectivity index (χ1v) is 9.31. The number of nitrogens with one attached hydrogen (secondary N) is 2. The van der Waals surface area contributed by atoms with Crippen LogP contribution in [0.25, 0.3) is 0 Å². The highest BCUT2D eigenvalue weighted by Gasteiger charge is 2.13. The summed E-state index contributed by atoms with van der Waals surface area (Å²) >= 11 is 0. The molecule has 0 amide bonds. The number of hydrogen-bond donors (Lipinski definition) is 2. The molecular weight excluding hydrogens is 302 g/mol. The fraction of sp³-hybridized carbons (Fsp3) is 0.778. The number of aryl methyl sites for hydroxylation is 2. The van der Waals surface area contributed by atoms with Gasteiger partial charge in [0.15, 0.2) is 5.96 Å². The first kappa shape index (κ1) is 20.5. The molecule has 0 spiro atoms. The molecule has 1 aromatic rings. The predicted octanol–water partition coefficient (Wildman–Crippen LogP) is 2.42. The second-order valence-corrected chi connectivity index (χ2v) is 5.73. The zero-order chi connectivity index (χ0) is 17.8. The molecule has 138 valence electrons. The molecule has 1 heterocycles. The molecule has 0 radical (unpaired) electrons. The van der Waals surface area contributed by atoms with Crippen molar-refractivity contribution in [2.75, 3.05) is 26.3 Å². The SMILES string of the molecule is CCNC(=NCc1c(CC)nn(C)c1CC)NCCCCOCC. The Morgan fingerprint density at radius 1 is 1.12 bits per heavy atom. The highest BCUT2D eigenvalue weighted by atomic mass is 16.5. The summed E-state index contributed by atoms with van der Waals surface area (Å²) in [5.74, 6) is 0.877. The second-order valence-electron chi connectivity index (χ2n) is 5.73. The van der Waals surface area contributed by atoms with Crippen LogP contribution in [0, 0.1) is 0 Å². The Bertz CT molecular complexity index is 496. The van der Waals surface area contributed by atoms with Gasteiger partial charge < -0.3 is 15.4 Å². The molecule has 0 aromatic carbocycles. The smallest absolute Gasteiger partial charge is 0.191 e. The number of guanidine groups is 1. The summed E-state index contributed by atoms with van der Waals surface area (Å²) in [6.45, 7) is 12.5. The zero-order valence-corrected chi connectivity index (χ0v) is 16.1. The van der Waals surface area contributed by atoms with Crippen molar-refractivity contribution in [3.05, 3.63) is 17.0 Å². The van der Waals surface area contributed by atoms with Gasteiger partial charge in [0, 0.05) is 44.6 Å². The number of aliphatic imine (C=N–C) groups is 1. The minimum Gasteiger partial charge on any atom is -0.382 e. The van der Waals surface area contributed by atoms with Crippen molar-refractivity contribution < 1.29 is 4.74 Å². The molecule has 6 heteroatoms. The van der Waals surface area contributed by atoms with Gasteiger partial charge in [-0.2, -0.15) is 5.10 Å². The molecule has 2 N–H and O–H groups in total. The third-order valence-electron chi connectivity index (χ3n) is 3.98. The molecule has 0 aliphatic rings. The van der Waals surface area contributed by atoms with E-state index in [0.717, 1.165) is 63.6 Å². The molecule has 0 atom stereocenters. The fourth-order valence-electron chi connectivity index (χ4n) is 2.75. The van der Waals surface area contributed by atoms with Crippen LogP contribution in [0.3, 0.4) is 0 Å². The lowest BCUT2D eigenvalue weighted by atomic mass is 10.1. The van der Waals surface area contributed by atoms with Crippen molar-refractivity contribution in [2.24, 2.45) is 12.0 Å². The van der Waals surface area contributed by atoms with Crippen LogP contribution in [-0.2, 0) is 31.2 Å². The quantitative estimate of drug-likeness (QED) is 0.370. The van der Waals surface area contributed by atoms with Crippen LogP contribution in [-0.4, -0.2) is 42.0 Å². The Kier molecular flexibility index (Phi) is 10.2. The molecule has 6 nitrogen and oxygen atoms in total. The van der Waals surface area contributed by atoms with Gasteiger partial charge in [0.1, 0.15) is 0 Å². The van der Waals surface area contributed by atoms with Gasteiger partial charge >= 0.3 is 0 Å². The van der Waals surface area contributed by atoms with Gasteiger partial charge in [-0.15, -0.1) is 0 Å². The minimum absolute atomic E-state index is 0.675. The normalized spacial score (nSPS) is 11.8. The number of hydrogen-bond acceptors (Lipinski definition) is 3. The van der Waals surface area contributed by atoms with Crippen LogP contribution in [0.1, 0.15) is 57.5 Å². The Balaban J connectivity index is 2.62. The Morgan fingerprint density at radius 2 is 1.92 bits per heavy atom. The lowest BCUT2D eigenvalue weighted by Crippen LogP contribution is -2.37. The van der Waals surface area contributed by atoms with E-state index in [0.29, 0.717) is 6.54 Å². The maximum Gasteiger partial charge on any atom is 0.191 e. The second kappa shape index (κ2) is 11.9. The molecule has 1 aromatic heterocycles. The third-order valence-corrected chi connectivity index (χ3v) is 3.98. The topological polar surface area (TPSA) is 63.5 Å². The molecule has 0 aliphatic carbocycles. The number of unbranched alkanes of at least 4 members (excludes halogenated alkanes) is 1. The lowest BCUT2D eigenvalue weighted by Gasteiger charge is -2.11. The molecule has 0 saturated heterocycles. The van der Waals surface area contributed by atoms with Crippen LogP contribution in [0.15, 0.2) is 4.99 Å². The van der Waals surface area contributed by atoms with E-state index in [9.17, 15) is 0 Å². The molecule has 0 fully saturated rings. The van der Waals surface area contributed by atoms with Gasteiger partial charge in [0.25, 0.3) is 0 Å². The highest BCUT2D eigenvalue weighted by Crippen LogP contribution is 2.16. The van der Waals surface area contributed by atoms with E-state index in [1.165, 1.54) is 11.3 Å². The van der Waals surface area contributed by atoms with E-state index < -0.39 is 0 Å². The van der Waals surface area contributed by atoms with Crippen LogP contribution in [0.2, 0.25) is 0 Å². The number of rotatable bonds is 11. The van der Waals surface area contributed by atoms with E-state index in [2.05, 4.69) is 36.5 Å². The van der Waals surface area contributed by atoms with Crippen LogP contribution in [0.5, 0.6) is 0 Å². The van der Waals surface area contributed by atoms with E-state index in [1.54, 1.807) is 0 Å². The zero-order valence-electron chi connectivity index (χ0n) is 16.1. The van der Waals surface area contributed by atoms with Gasteiger partial charge in [0.2, 0.25) is 0 Å². The van der Waals surface area contributed by atoms with Crippen molar-refractivity contribution in [2.45, 2.75) is 59.9 Å². The molecule has 0 unspecified atom stereocenters. The monoisotopic (exact) mass is 337 g/mol. The summed E-state index contributed by atoms with van der Waals surface area (Å²) in [4.78, 5) is 4.76. The molecule has 0 bridgehead atoms. The molecule has 1 rings (SSSR count). The third kappa shape index (κ3) is 6.51. The summed E-state index contributed by atoms with van der Waals surface area (Å²) in [5.41, 5.74) is 3.71. The van der Waals surface area contributed by atoms with Crippen molar-refractivity contribution in [1.82, 2.24) is 20.4 Å². The van der Waals surface area contributed by atoms with Crippen LogP contribution in [0.4, 0.5) is 0 Å². The lowest BCUT2D eigenvalue weighted by molar-refractivity contribution is 0.143. The standard InChI is InChI=1S/C18H35N5O/c1-6-16-15(17(7-2)23(5)22-16)14-21-18(19-8-3)20-12-10-11-13-24-9-4/h6-14H2,1-5H3,(H2,19,20,21). The molecule has 24 heavy (non-hydrogen) atoms. The van der Waals surface area contributed by atoms with E-state index in [4.69, 9.17) is 9.73 Å². The van der Waals surface area contributed by atoms with E-state index in [-0.39, 0.29) is 0 Å². The number of aromatic nitrogens is 2. The summed E-state index contributed by atoms with van der Waals surface area (Å²) in [7, 11) is 2.02. The average Bonchev–Trinajstić information content (AvgIpc) is 2.90. The minimum atomic E-state index is 0.675. The summed E-state index contributed by atoms with van der Waals surface area (Å²) in [6, 6.07) is 0. The molecule has 0 aliphatic heterocycles. The summed E-state index contributed by atoms with van der Waals surface area (Å²) in [5, 5.41) is 11.3. The van der Waals surface area contributed by atoms with Gasteiger partial charge in [-0.25, -0.2) is 4.99 Å². The van der Waals surface area contributed by atoms with Crippen molar-refractivity contribution in [3.63, 3.8) is 0 Å². The van der Waals surface area contributed by atoms with E-state index >= 15 is 0 Å². The Morgan fingerprint density at radius 3 is 2.54 bits per heavy atom. The Hall–Kier alpha value is -1.56. The largest absolute Gasteiger partial charge is 0.382 e. The predicted molar refractivity (Wildman–Crippen MR) is 101 cm³/mol. The first-order chi connectivity index (χ1) is 11.7. The van der Waals surface area contributed by atoms with E-state index in [1.807, 2.05) is 18.7 Å².